The second-order valence-electron chi connectivity index (χ2n) is 6.83. The van der Waals surface area contributed by atoms with Crippen LogP contribution in [0.5, 0.6) is 5.75 Å². The molecule has 2 heterocycles. The van der Waals surface area contributed by atoms with Gasteiger partial charge in [0.1, 0.15) is 12.4 Å². The highest BCUT2D eigenvalue weighted by atomic mass is 35.5. The minimum Gasteiger partial charge on any atom is -0.492 e. The van der Waals surface area contributed by atoms with Crippen molar-refractivity contribution in [2.45, 2.75) is 6.67 Å². The van der Waals surface area contributed by atoms with Gasteiger partial charge in [0.05, 0.1) is 17.6 Å². The molecule has 0 unspecified atom stereocenters. The lowest BCUT2D eigenvalue weighted by Gasteiger charge is -2.16. The van der Waals surface area contributed by atoms with Gasteiger partial charge in [-0.3, -0.25) is 18.7 Å². The Hall–Kier alpha value is -2.68. The van der Waals surface area contributed by atoms with Crippen molar-refractivity contribution in [3.05, 3.63) is 68.7 Å². The molecule has 4 rings (SSSR count). The molecule has 0 aliphatic heterocycles. The molecule has 0 atom stereocenters. The van der Waals surface area contributed by atoms with Crippen LogP contribution < -0.4 is 10.3 Å². The normalized spacial score (nSPS) is 11.6. The van der Waals surface area contributed by atoms with Crippen molar-refractivity contribution in [3.8, 4) is 5.75 Å². The Morgan fingerprint density at radius 2 is 2.00 bits per heavy atom. The van der Waals surface area contributed by atoms with E-state index < -0.39 is 0 Å². The van der Waals surface area contributed by atoms with Crippen LogP contribution in [-0.2, 0) is 13.7 Å². The zero-order valence-electron chi connectivity index (χ0n) is 16.1. The van der Waals surface area contributed by atoms with Crippen LogP contribution in [0.3, 0.4) is 0 Å². The number of hydrogen-bond donors (Lipinski definition) is 0. The molecule has 0 bridgehead atoms. The Bertz CT molecular complexity index is 1310. The number of benzene rings is 2. The topological polar surface area (TPSA) is 56.7 Å². The number of rotatable bonds is 6. The summed E-state index contributed by atoms with van der Waals surface area (Å²) >= 11 is 11.6. The summed E-state index contributed by atoms with van der Waals surface area (Å²) in [6.07, 6.45) is 0. The third kappa shape index (κ3) is 3.78. The van der Waals surface area contributed by atoms with Gasteiger partial charge in [0.15, 0.2) is 0 Å². The van der Waals surface area contributed by atoms with E-state index in [0.29, 0.717) is 40.8 Å². The monoisotopic (exact) mass is 429 g/mol. The highest BCUT2D eigenvalue weighted by Gasteiger charge is 2.14. The minimum atomic E-state index is -0.0940. The van der Waals surface area contributed by atoms with Crippen LogP contribution >= 0.6 is 23.8 Å². The summed E-state index contributed by atoms with van der Waals surface area (Å²) in [5.74, 6) is 1.25. The second-order valence-corrected chi connectivity index (χ2v) is 7.63. The van der Waals surface area contributed by atoms with Crippen molar-refractivity contribution in [1.82, 2.24) is 23.6 Å². The molecule has 7 nitrogen and oxygen atoms in total. The molecule has 0 spiro atoms. The molecule has 0 saturated carbocycles. The average molecular weight is 430 g/mol. The van der Waals surface area contributed by atoms with Gasteiger partial charge in [-0.05, 0) is 49.6 Å². The van der Waals surface area contributed by atoms with Crippen LogP contribution in [0.1, 0.15) is 0 Å². The van der Waals surface area contributed by atoms with E-state index in [1.54, 1.807) is 23.9 Å². The maximum Gasteiger partial charge on any atom is 0.262 e. The van der Waals surface area contributed by atoms with Gasteiger partial charge in [-0.2, -0.15) is 0 Å². The second kappa shape index (κ2) is 7.98. The van der Waals surface area contributed by atoms with Crippen LogP contribution in [0.2, 0.25) is 5.02 Å². The van der Waals surface area contributed by atoms with E-state index in [4.69, 9.17) is 28.6 Å². The van der Waals surface area contributed by atoms with E-state index in [-0.39, 0.29) is 5.56 Å². The van der Waals surface area contributed by atoms with Crippen molar-refractivity contribution in [3.63, 3.8) is 0 Å². The third-order valence-electron chi connectivity index (χ3n) is 4.72. The molecule has 150 valence electrons. The van der Waals surface area contributed by atoms with Gasteiger partial charge in [0, 0.05) is 18.6 Å². The first-order valence-corrected chi connectivity index (χ1v) is 9.88. The van der Waals surface area contributed by atoms with E-state index in [1.165, 1.54) is 4.57 Å². The smallest absolute Gasteiger partial charge is 0.262 e. The molecule has 0 fully saturated rings. The molecule has 0 aliphatic carbocycles. The first kappa shape index (κ1) is 19.6. The molecule has 0 saturated heterocycles. The van der Waals surface area contributed by atoms with Gasteiger partial charge in [0.2, 0.25) is 10.5 Å². The number of para-hydroxylation sites is 1. The van der Waals surface area contributed by atoms with Crippen molar-refractivity contribution >= 4 is 40.5 Å². The molecule has 4 aromatic rings. The Morgan fingerprint density at radius 3 is 2.79 bits per heavy atom. The number of aromatic nitrogens is 4. The van der Waals surface area contributed by atoms with E-state index in [2.05, 4.69) is 5.10 Å². The number of halogens is 1. The SMILES string of the molecule is CN(CCOc1cccc(Cl)c1)Cn1nc2n(C)c(=O)c3ccccc3n2c1=S. The molecule has 2 aromatic carbocycles. The number of nitrogens with zero attached hydrogens (tertiary/aromatic N) is 5. The molecule has 0 amide bonds. The highest BCUT2D eigenvalue weighted by Crippen LogP contribution is 2.17. The number of ether oxygens (including phenoxy) is 1. The summed E-state index contributed by atoms with van der Waals surface area (Å²) in [6.45, 7) is 1.64. The van der Waals surface area contributed by atoms with Gasteiger partial charge in [-0.25, -0.2) is 4.68 Å². The molecular weight excluding hydrogens is 410 g/mol. The van der Waals surface area contributed by atoms with E-state index in [9.17, 15) is 4.79 Å². The zero-order valence-corrected chi connectivity index (χ0v) is 17.7. The van der Waals surface area contributed by atoms with Gasteiger partial charge in [0.25, 0.3) is 5.56 Å². The lowest BCUT2D eigenvalue weighted by Crippen LogP contribution is -2.27. The maximum absolute atomic E-state index is 12.6. The van der Waals surface area contributed by atoms with Crippen molar-refractivity contribution in [2.75, 3.05) is 20.2 Å². The molecule has 9 heteroatoms. The fourth-order valence-corrected chi connectivity index (χ4v) is 3.67. The van der Waals surface area contributed by atoms with Crippen LogP contribution in [0.15, 0.2) is 53.3 Å². The predicted octanol–water partition coefficient (Wildman–Crippen LogP) is 3.34. The fourth-order valence-electron chi connectivity index (χ4n) is 3.21. The molecular formula is C20H20ClN5O2S. The number of aryl methyl sites for hydroxylation is 1. The Labute approximate surface area is 177 Å². The Morgan fingerprint density at radius 1 is 1.21 bits per heavy atom. The largest absolute Gasteiger partial charge is 0.492 e. The molecule has 29 heavy (non-hydrogen) atoms. The first-order chi connectivity index (χ1) is 14.0. The summed E-state index contributed by atoms with van der Waals surface area (Å²) < 4.78 is 11.4. The van der Waals surface area contributed by atoms with Gasteiger partial charge in [-0.1, -0.05) is 29.8 Å². The van der Waals surface area contributed by atoms with Crippen LogP contribution in [0.4, 0.5) is 0 Å². The van der Waals surface area contributed by atoms with Crippen molar-refractivity contribution < 1.29 is 4.74 Å². The lowest BCUT2D eigenvalue weighted by molar-refractivity contribution is 0.198. The molecule has 0 radical (unpaired) electrons. The summed E-state index contributed by atoms with van der Waals surface area (Å²) in [7, 11) is 3.67. The lowest BCUT2D eigenvalue weighted by atomic mass is 10.2. The van der Waals surface area contributed by atoms with Crippen LogP contribution in [-0.4, -0.2) is 43.8 Å². The summed E-state index contributed by atoms with van der Waals surface area (Å²) in [5, 5.41) is 5.83. The van der Waals surface area contributed by atoms with Crippen molar-refractivity contribution in [2.24, 2.45) is 7.05 Å². The minimum absolute atomic E-state index is 0.0940. The number of likely N-dealkylation sites (N-methyl/N-ethyl adjacent to an activating group) is 1. The Balaban J connectivity index is 1.56. The number of hydrogen-bond acceptors (Lipinski definition) is 5. The summed E-state index contributed by atoms with van der Waals surface area (Å²) in [6, 6.07) is 14.7. The number of fused-ring (bicyclic) bond motifs is 3. The van der Waals surface area contributed by atoms with Crippen LogP contribution in [0.25, 0.3) is 16.7 Å². The molecule has 0 aliphatic rings. The van der Waals surface area contributed by atoms with E-state index in [0.717, 1.165) is 11.3 Å². The predicted molar refractivity (Wildman–Crippen MR) is 116 cm³/mol. The molecule has 0 N–H and O–H groups in total. The molecule has 2 aromatic heterocycles. The maximum atomic E-state index is 12.6. The Kier molecular flexibility index (Phi) is 5.40. The highest BCUT2D eigenvalue weighted by molar-refractivity contribution is 7.71. The first-order valence-electron chi connectivity index (χ1n) is 9.10. The summed E-state index contributed by atoms with van der Waals surface area (Å²) in [5.41, 5.74) is 0.664. The van der Waals surface area contributed by atoms with Gasteiger partial charge >= 0.3 is 0 Å². The summed E-state index contributed by atoms with van der Waals surface area (Å²) in [4.78, 5) is 14.7. The van der Waals surface area contributed by atoms with Crippen LogP contribution in [0, 0.1) is 4.77 Å². The van der Waals surface area contributed by atoms with Gasteiger partial charge < -0.3 is 4.74 Å². The zero-order chi connectivity index (χ0) is 20.5. The quantitative estimate of drug-likeness (QED) is 0.440. The third-order valence-corrected chi connectivity index (χ3v) is 5.34. The average Bonchev–Trinajstić information content (AvgIpc) is 3.02. The van der Waals surface area contributed by atoms with Gasteiger partial charge in [-0.15, -0.1) is 5.10 Å². The van der Waals surface area contributed by atoms with Crippen molar-refractivity contribution in [1.29, 1.82) is 0 Å². The fraction of sp³-hybridized carbons (Fsp3) is 0.250. The van der Waals surface area contributed by atoms with E-state index >= 15 is 0 Å². The standard InChI is InChI=1S/C20H20ClN5O2S/c1-23(10-11-28-15-7-5-6-14(21)12-15)13-25-20(29)26-17-9-4-3-8-16(17)18(27)24(2)19(26)22-25/h3-9,12H,10-11,13H2,1-2H3. The van der Waals surface area contributed by atoms with E-state index in [1.807, 2.05) is 52.7 Å².